The average molecular weight is 567 g/mol. The molecule has 8 nitrogen and oxygen atoms in total. The maximum atomic E-state index is 13.9. The highest BCUT2D eigenvalue weighted by Gasteiger charge is 2.36. The zero-order valence-electron chi connectivity index (χ0n) is 21.5. The number of piperidine rings is 1. The van der Waals surface area contributed by atoms with Gasteiger partial charge in [0.25, 0.3) is 0 Å². The molecule has 0 unspecified atom stereocenters. The normalized spacial score (nSPS) is 14.9. The zero-order chi connectivity index (χ0) is 27.4. The average Bonchev–Trinajstić information content (AvgIpc) is 3.38. The van der Waals surface area contributed by atoms with Crippen molar-refractivity contribution in [2.45, 2.75) is 38.5 Å². The summed E-state index contributed by atoms with van der Waals surface area (Å²) in [5, 5.41) is 3.80. The number of aromatic nitrogens is 3. The maximum absolute atomic E-state index is 13.9. The van der Waals surface area contributed by atoms with Crippen LogP contribution < -0.4 is 5.32 Å². The Balaban J connectivity index is 1.59. The van der Waals surface area contributed by atoms with Gasteiger partial charge in [-0.1, -0.05) is 30.1 Å². The molecule has 2 aromatic heterocycles. The molecular formula is C25H29F3N6O2S2. The number of nitrogens with one attached hydrogen (secondary N) is 1. The van der Waals surface area contributed by atoms with Gasteiger partial charge in [0.15, 0.2) is 0 Å². The van der Waals surface area contributed by atoms with E-state index in [0.29, 0.717) is 16.4 Å². The van der Waals surface area contributed by atoms with Gasteiger partial charge in [0.1, 0.15) is 10.6 Å². The van der Waals surface area contributed by atoms with Crippen molar-refractivity contribution < 1.29 is 22.7 Å². The van der Waals surface area contributed by atoms with Crippen molar-refractivity contribution >= 4 is 35.3 Å². The molecule has 0 atom stereocenters. The molecule has 38 heavy (non-hydrogen) atoms. The van der Waals surface area contributed by atoms with E-state index in [2.05, 4.69) is 24.6 Å². The number of hydrogen-bond acceptors (Lipinski definition) is 9. The Bertz CT molecular complexity index is 1280. The third-order valence-corrected chi connectivity index (χ3v) is 8.22. The lowest BCUT2D eigenvalue weighted by atomic mass is 10.1. The molecule has 1 N–H and O–H groups in total. The standard InChI is InChI=1S/C25H29F3N6O2S2/c1-15-11-16(14-33(2)24(35)36-3)5-6-18(15)22-29-13-20(38-22)21-19(25(26,27)28)12-30-23(32-21)31-17-7-9-34(37-4)10-8-17/h5-6,11-13,17H,7-10,14H2,1-4H3,(H,30,31,32). The minimum absolute atomic E-state index is 0.0967. The Labute approximate surface area is 227 Å². The molecule has 1 aliphatic rings. The van der Waals surface area contributed by atoms with Crippen LogP contribution in [0.15, 0.2) is 30.6 Å². The predicted octanol–water partition coefficient (Wildman–Crippen LogP) is 5.95. The maximum Gasteiger partial charge on any atom is 0.420 e. The molecular weight excluding hydrogens is 537 g/mol. The van der Waals surface area contributed by atoms with E-state index in [9.17, 15) is 18.0 Å². The van der Waals surface area contributed by atoms with Gasteiger partial charge in [0.2, 0.25) is 5.95 Å². The Hall–Kier alpha value is -2.90. The molecule has 0 bridgehead atoms. The molecule has 0 saturated carbocycles. The van der Waals surface area contributed by atoms with Crippen molar-refractivity contribution in [1.82, 2.24) is 24.2 Å². The van der Waals surface area contributed by atoms with Crippen molar-refractivity contribution in [3.05, 3.63) is 47.3 Å². The lowest BCUT2D eigenvalue weighted by Gasteiger charge is -2.30. The molecule has 4 rings (SSSR count). The zero-order valence-corrected chi connectivity index (χ0v) is 23.1. The second-order valence-corrected chi connectivity index (χ2v) is 10.9. The summed E-state index contributed by atoms with van der Waals surface area (Å²) in [6.45, 7) is 4.04. The first-order valence-electron chi connectivity index (χ1n) is 11.9. The molecule has 3 heterocycles. The SMILES string of the molecule is COC(=O)N(C)Cc1ccc(-c2ncc(-c3nc(NC4CCN(SC)CC4)ncc3C(F)(F)F)s2)c(C)c1. The van der Waals surface area contributed by atoms with Gasteiger partial charge >= 0.3 is 12.3 Å². The number of rotatable bonds is 7. The van der Waals surface area contributed by atoms with Gasteiger partial charge in [-0.15, -0.1) is 11.3 Å². The number of anilines is 1. The summed E-state index contributed by atoms with van der Waals surface area (Å²) in [7, 11) is 2.96. The fourth-order valence-electron chi connectivity index (χ4n) is 4.28. The molecule has 204 valence electrons. The Morgan fingerprint density at radius 3 is 2.63 bits per heavy atom. The molecule has 0 spiro atoms. The highest BCUT2D eigenvalue weighted by molar-refractivity contribution is 7.96. The van der Waals surface area contributed by atoms with Crippen LogP contribution in [-0.4, -0.2) is 69.8 Å². The summed E-state index contributed by atoms with van der Waals surface area (Å²) in [5.74, 6) is 0.181. The highest BCUT2D eigenvalue weighted by atomic mass is 32.2. The van der Waals surface area contributed by atoms with E-state index < -0.39 is 17.8 Å². The van der Waals surface area contributed by atoms with Crippen LogP contribution in [0.3, 0.4) is 0 Å². The highest BCUT2D eigenvalue weighted by Crippen LogP contribution is 2.40. The predicted molar refractivity (Wildman–Crippen MR) is 144 cm³/mol. The molecule has 1 fully saturated rings. The number of hydrogen-bond donors (Lipinski definition) is 1. The van der Waals surface area contributed by atoms with Crippen LogP contribution in [0.1, 0.15) is 29.5 Å². The minimum Gasteiger partial charge on any atom is -0.453 e. The van der Waals surface area contributed by atoms with Crippen molar-refractivity contribution in [1.29, 1.82) is 0 Å². The first kappa shape index (κ1) is 28.1. The van der Waals surface area contributed by atoms with Crippen LogP contribution in [0, 0.1) is 6.92 Å². The van der Waals surface area contributed by atoms with Crippen LogP contribution >= 0.6 is 23.3 Å². The van der Waals surface area contributed by atoms with Gasteiger partial charge in [0, 0.05) is 50.7 Å². The van der Waals surface area contributed by atoms with Crippen molar-refractivity contribution in [2.24, 2.45) is 0 Å². The number of carbonyl (C=O) groups is 1. The number of amides is 1. The van der Waals surface area contributed by atoms with Crippen LogP contribution in [-0.2, 0) is 17.5 Å². The summed E-state index contributed by atoms with van der Waals surface area (Å²) < 4.78 is 48.6. The van der Waals surface area contributed by atoms with Gasteiger partial charge in [0.05, 0.1) is 17.7 Å². The number of carbonyl (C=O) groups excluding carboxylic acids is 1. The first-order valence-corrected chi connectivity index (χ1v) is 13.9. The number of methoxy groups -OCH3 is 1. The third kappa shape index (κ3) is 6.56. The second kappa shape index (κ2) is 11.9. The third-order valence-electron chi connectivity index (χ3n) is 6.31. The minimum atomic E-state index is -4.61. The van der Waals surface area contributed by atoms with E-state index in [1.165, 1.54) is 18.2 Å². The van der Waals surface area contributed by atoms with E-state index in [1.807, 2.05) is 31.4 Å². The summed E-state index contributed by atoms with van der Waals surface area (Å²) >= 11 is 2.83. The van der Waals surface area contributed by atoms with Gasteiger partial charge in [-0.25, -0.2) is 19.7 Å². The molecule has 1 amide bonds. The Morgan fingerprint density at radius 1 is 1.26 bits per heavy atom. The molecule has 1 saturated heterocycles. The summed E-state index contributed by atoms with van der Waals surface area (Å²) in [5.41, 5.74) is 1.50. The number of benzene rings is 1. The second-order valence-electron chi connectivity index (χ2n) is 8.99. The Kier molecular flexibility index (Phi) is 8.78. The Morgan fingerprint density at radius 2 is 2.00 bits per heavy atom. The van der Waals surface area contributed by atoms with Gasteiger partial charge in [-0.2, -0.15) is 13.2 Å². The first-order chi connectivity index (χ1) is 18.1. The van der Waals surface area contributed by atoms with Crippen LogP contribution in [0.4, 0.5) is 23.9 Å². The fourth-order valence-corrected chi connectivity index (χ4v) is 5.86. The molecule has 0 aliphatic carbocycles. The van der Waals surface area contributed by atoms with E-state index in [-0.39, 0.29) is 17.7 Å². The van der Waals surface area contributed by atoms with E-state index in [4.69, 9.17) is 4.74 Å². The summed E-state index contributed by atoms with van der Waals surface area (Å²) in [4.78, 5) is 26.1. The fraction of sp³-hybridized carbons (Fsp3) is 0.440. The van der Waals surface area contributed by atoms with E-state index in [0.717, 1.165) is 60.2 Å². The number of alkyl halides is 3. The van der Waals surface area contributed by atoms with E-state index >= 15 is 0 Å². The molecule has 0 radical (unpaired) electrons. The topological polar surface area (TPSA) is 83.5 Å². The molecule has 3 aromatic rings. The lowest BCUT2D eigenvalue weighted by molar-refractivity contribution is -0.137. The van der Waals surface area contributed by atoms with Crippen molar-refractivity contribution in [3.63, 3.8) is 0 Å². The van der Waals surface area contributed by atoms with Crippen molar-refractivity contribution in [2.75, 3.05) is 38.8 Å². The van der Waals surface area contributed by atoms with E-state index in [1.54, 1.807) is 19.0 Å². The van der Waals surface area contributed by atoms with Gasteiger partial charge in [-0.05, 0) is 37.1 Å². The van der Waals surface area contributed by atoms with Gasteiger partial charge < -0.3 is 15.0 Å². The van der Waals surface area contributed by atoms with Crippen LogP contribution in [0.2, 0.25) is 0 Å². The van der Waals surface area contributed by atoms with Crippen LogP contribution in [0.5, 0.6) is 0 Å². The van der Waals surface area contributed by atoms with Gasteiger partial charge in [-0.3, -0.25) is 4.31 Å². The van der Waals surface area contributed by atoms with Crippen LogP contribution in [0.25, 0.3) is 21.1 Å². The molecule has 13 heteroatoms. The number of aryl methyl sites for hydroxylation is 1. The number of nitrogens with zero attached hydrogens (tertiary/aromatic N) is 5. The number of halogens is 3. The summed E-state index contributed by atoms with van der Waals surface area (Å²) in [6.07, 6.45) is 0.968. The number of thiazole rings is 1. The van der Waals surface area contributed by atoms with Crippen molar-refractivity contribution in [3.8, 4) is 21.1 Å². The largest absolute Gasteiger partial charge is 0.453 e. The smallest absolute Gasteiger partial charge is 0.420 e. The quantitative estimate of drug-likeness (QED) is 0.352. The molecule has 1 aromatic carbocycles. The summed E-state index contributed by atoms with van der Waals surface area (Å²) in [6, 6.07) is 5.74. The number of ether oxygens (including phenoxy) is 1. The molecule has 1 aliphatic heterocycles. The lowest BCUT2D eigenvalue weighted by Crippen LogP contribution is -2.35. The monoisotopic (exact) mass is 566 g/mol.